The molecule has 2 amide bonds. The van der Waals surface area contributed by atoms with E-state index in [4.69, 9.17) is 0 Å². The van der Waals surface area contributed by atoms with E-state index in [1.807, 2.05) is 56.4 Å². The standard InChI is InChI=1S/C22H25N5O2/c1-16-6-5-7-17(14-16)15-23-21(28)19-18-8-3-4-9-27(18)20(24-19)22(29)26-12-10-25(2)11-13-26/h3-9,14H,10-13,15H2,1-2H3,(H,23,28). The molecular weight excluding hydrogens is 366 g/mol. The number of rotatable bonds is 4. The fourth-order valence-electron chi connectivity index (χ4n) is 3.59. The zero-order chi connectivity index (χ0) is 20.4. The first-order chi connectivity index (χ1) is 14.0. The number of carbonyl (C=O) groups excluding carboxylic acids is 2. The molecule has 0 unspecified atom stereocenters. The van der Waals surface area contributed by atoms with Gasteiger partial charge in [-0.05, 0) is 31.7 Å². The van der Waals surface area contributed by atoms with Crippen LogP contribution in [0.15, 0.2) is 48.7 Å². The van der Waals surface area contributed by atoms with Gasteiger partial charge in [-0.25, -0.2) is 4.98 Å². The molecular formula is C22H25N5O2. The Balaban J connectivity index is 1.58. The number of nitrogens with one attached hydrogen (secondary N) is 1. The third kappa shape index (κ3) is 4.00. The van der Waals surface area contributed by atoms with Gasteiger partial charge in [-0.2, -0.15) is 0 Å². The summed E-state index contributed by atoms with van der Waals surface area (Å²) in [5, 5.41) is 2.93. The van der Waals surface area contributed by atoms with E-state index in [1.54, 1.807) is 15.5 Å². The number of aromatic nitrogens is 2. The van der Waals surface area contributed by atoms with Crippen molar-refractivity contribution in [2.24, 2.45) is 0 Å². The third-order valence-corrected chi connectivity index (χ3v) is 5.28. The quantitative estimate of drug-likeness (QED) is 0.738. The van der Waals surface area contributed by atoms with E-state index in [-0.39, 0.29) is 23.3 Å². The van der Waals surface area contributed by atoms with Crippen LogP contribution in [0.4, 0.5) is 0 Å². The van der Waals surface area contributed by atoms with Crippen molar-refractivity contribution in [3.05, 3.63) is 71.3 Å². The molecule has 1 aliphatic heterocycles. The van der Waals surface area contributed by atoms with Gasteiger partial charge in [0.15, 0.2) is 5.69 Å². The van der Waals surface area contributed by atoms with Gasteiger partial charge in [-0.3, -0.25) is 14.0 Å². The van der Waals surface area contributed by atoms with Gasteiger partial charge < -0.3 is 15.1 Å². The number of nitrogens with zero attached hydrogens (tertiary/aromatic N) is 4. The van der Waals surface area contributed by atoms with Crippen molar-refractivity contribution in [2.45, 2.75) is 13.5 Å². The van der Waals surface area contributed by atoms with E-state index in [1.165, 1.54) is 0 Å². The van der Waals surface area contributed by atoms with Crippen molar-refractivity contribution in [1.82, 2.24) is 24.5 Å². The summed E-state index contributed by atoms with van der Waals surface area (Å²) in [6, 6.07) is 13.5. The minimum absolute atomic E-state index is 0.142. The second kappa shape index (κ2) is 8.05. The van der Waals surface area contributed by atoms with E-state index in [9.17, 15) is 9.59 Å². The van der Waals surface area contributed by atoms with Gasteiger partial charge in [0.25, 0.3) is 11.8 Å². The number of piperazine rings is 1. The highest BCUT2D eigenvalue weighted by Crippen LogP contribution is 2.16. The lowest BCUT2D eigenvalue weighted by atomic mass is 10.1. The molecule has 1 fully saturated rings. The van der Waals surface area contributed by atoms with Gasteiger partial charge in [0, 0.05) is 38.9 Å². The molecule has 1 N–H and O–H groups in total. The molecule has 0 spiro atoms. The number of aryl methyl sites for hydroxylation is 1. The highest BCUT2D eigenvalue weighted by molar-refractivity contribution is 6.02. The second-order valence-electron chi connectivity index (χ2n) is 7.51. The van der Waals surface area contributed by atoms with Gasteiger partial charge >= 0.3 is 0 Å². The van der Waals surface area contributed by atoms with Crippen LogP contribution in [-0.4, -0.2) is 64.2 Å². The summed E-state index contributed by atoms with van der Waals surface area (Å²) in [4.78, 5) is 34.4. The number of amides is 2. The second-order valence-corrected chi connectivity index (χ2v) is 7.51. The smallest absolute Gasteiger partial charge is 0.290 e. The Bertz CT molecular complexity index is 1050. The van der Waals surface area contributed by atoms with Crippen LogP contribution in [0, 0.1) is 6.92 Å². The Hall–Kier alpha value is -3.19. The molecule has 0 radical (unpaired) electrons. The first-order valence-electron chi connectivity index (χ1n) is 9.81. The molecule has 3 heterocycles. The minimum Gasteiger partial charge on any atom is -0.347 e. The van der Waals surface area contributed by atoms with E-state index < -0.39 is 0 Å². The average Bonchev–Trinajstić information content (AvgIpc) is 3.12. The first-order valence-corrected chi connectivity index (χ1v) is 9.81. The Labute approximate surface area is 169 Å². The van der Waals surface area contributed by atoms with Crippen molar-refractivity contribution in [3.63, 3.8) is 0 Å². The van der Waals surface area contributed by atoms with Crippen molar-refractivity contribution >= 4 is 17.3 Å². The Kier molecular flexibility index (Phi) is 5.31. The minimum atomic E-state index is -0.285. The Morgan fingerprint density at radius 3 is 2.62 bits per heavy atom. The Morgan fingerprint density at radius 1 is 1.07 bits per heavy atom. The molecule has 7 nitrogen and oxygen atoms in total. The molecule has 1 aliphatic rings. The lowest BCUT2D eigenvalue weighted by Crippen LogP contribution is -2.47. The maximum Gasteiger partial charge on any atom is 0.290 e. The maximum atomic E-state index is 13.1. The molecule has 29 heavy (non-hydrogen) atoms. The lowest BCUT2D eigenvalue weighted by Gasteiger charge is -2.31. The highest BCUT2D eigenvalue weighted by Gasteiger charge is 2.26. The van der Waals surface area contributed by atoms with E-state index >= 15 is 0 Å². The molecule has 0 bridgehead atoms. The summed E-state index contributed by atoms with van der Waals surface area (Å²) < 4.78 is 1.71. The van der Waals surface area contributed by atoms with Crippen molar-refractivity contribution in [2.75, 3.05) is 33.2 Å². The molecule has 0 saturated carbocycles. The third-order valence-electron chi connectivity index (χ3n) is 5.28. The molecule has 150 valence electrons. The van der Waals surface area contributed by atoms with Crippen LogP contribution < -0.4 is 5.32 Å². The lowest BCUT2D eigenvalue weighted by molar-refractivity contribution is 0.0651. The van der Waals surface area contributed by atoms with Crippen LogP contribution in [-0.2, 0) is 6.54 Å². The Morgan fingerprint density at radius 2 is 1.86 bits per heavy atom. The van der Waals surface area contributed by atoms with E-state index in [0.29, 0.717) is 25.2 Å². The molecule has 0 aliphatic carbocycles. The number of benzene rings is 1. The number of carbonyl (C=O) groups is 2. The van der Waals surface area contributed by atoms with Crippen LogP contribution in [0.3, 0.4) is 0 Å². The van der Waals surface area contributed by atoms with Gasteiger partial charge in [0.2, 0.25) is 5.82 Å². The SMILES string of the molecule is Cc1cccc(CNC(=O)c2nc(C(=O)N3CCN(C)CC3)n3ccccc23)c1. The largest absolute Gasteiger partial charge is 0.347 e. The summed E-state index contributed by atoms with van der Waals surface area (Å²) in [5.74, 6) is -0.143. The van der Waals surface area contributed by atoms with Crippen LogP contribution >= 0.6 is 0 Å². The van der Waals surface area contributed by atoms with Gasteiger partial charge in [0.1, 0.15) is 0 Å². The van der Waals surface area contributed by atoms with Gasteiger partial charge in [-0.1, -0.05) is 35.9 Å². The molecule has 2 aromatic heterocycles. The fraction of sp³-hybridized carbons (Fsp3) is 0.318. The van der Waals surface area contributed by atoms with Crippen molar-refractivity contribution in [1.29, 1.82) is 0 Å². The molecule has 3 aromatic rings. The van der Waals surface area contributed by atoms with E-state index in [2.05, 4.69) is 15.2 Å². The highest BCUT2D eigenvalue weighted by atomic mass is 16.2. The summed E-state index contributed by atoms with van der Waals surface area (Å²) >= 11 is 0. The summed E-state index contributed by atoms with van der Waals surface area (Å²) in [5.41, 5.74) is 3.07. The first kappa shape index (κ1) is 19.1. The number of imidazole rings is 1. The number of pyridine rings is 1. The monoisotopic (exact) mass is 391 g/mol. The summed E-state index contributed by atoms with van der Waals surface area (Å²) in [6.45, 7) is 5.41. The number of fused-ring (bicyclic) bond motifs is 1. The topological polar surface area (TPSA) is 70.0 Å². The molecule has 1 aromatic carbocycles. The molecule has 1 saturated heterocycles. The predicted octanol–water partition coefficient (Wildman–Crippen LogP) is 1.96. The summed E-state index contributed by atoms with van der Waals surface area (Å²) in [7, 11) is 2.05. The molecule has 7 heteroatoms. The van der Waals surface area contributed by atoms with E-state index in [0.717, 1.165) is 24.2 Å². The number of likely N-dealkylation sites (N-methyl/N-ethyl adjacent to an activating group) is 1. The molecule has 4 rings (SSSR count). The average molecular weight is 391 g/mol. The van der Waals surface area contributed by atoms with Crippen molar-refractivity contribution < 1.29 is 9.59 Å². The van der Waals surface area contributed by atoms with Gasteiger partial charge in [0.05, 0.1) is 5.52 Å². The van der Waals surface area contributed by atoms with Crippen LogP contribution in [0.2, 0.25) is 0 Å². The number of hydrogen-bond donors (Lipinski definition) is 1. The van der Waals surface area contributed by atoms with Gasteiger partial charge in [-0.15, -0.1) is 0 Å². The van der Waals surface area contributed by atoms with Crippen LogP contribution in [0.25, 0.3) is 5.52 Å². The van der Waals surface area contributed by atoms with Crippen molar-refractivity contribution in [3.8, 4) is 0 Å². The fourth-order valence-corrected chi connectivity index (χ4v) is 3.59. The zero-order valence-corrected chi connectivity index (χ0v) is 16.8. The summed E-state index contributed by atoms with van der Waals surface area (Å²) in [6.07, 6.45) is 1.78. The normalized spacial score (nSPS) is 14.9. The van der Waals surface area contributed by atoms with Crippen LogP contribution in [0.5, 0.6) is 0 Å². The zero-order valence-electron chi connectivity index (χ0n) is 16.8. The number of hydrogen-bond acceptors (Lipinski definition) is 4. The molecule has 0 atom stereocenters. The van der Waals surface area contributed by atoms with Crippen LogP contribution in [0.1, 0.15) is 32.2 Å². The maximum absolute atomic E-state index is 13.1. The predicted molar refractivity (Wildman–Crippen MR) is 111 cm³/mol.